The van der Waals surface area contributed by atoms with Crippen LogP contribution in [0, 0.1) is 0 Å². The van der Waals surface area contributed by atoms with E-state index in [1.807, 2.05) is 0 Å². The molecular weight excluding hydrogens is 516 g/mol. The topological polar surface area (TPSA) is 96.9 Å². The second-order valence-corrected chi connectivity index (χ2v) is 10.8. The zero-order valence-corrected chi connectivity index (χ0v) is 25.3. The van der Waals surface area contributed by atoms with Crippen molar-refractivity contribution in [3.05, 3.63) is 48.5 Å². The molecule has 41 heavy (non-hydrogen) atoms. The van der Waals surface area contributed by atoms with Crippen LogP contribution in [0.4, 0.5) is 10.5 Å². The molecule has 2 aromatic carbocycles. The van der Waals surface area contributed by atoms with Crippen LogP contribution in [0.1, 0.15) is 117 Å². The lowest BCUT2D eigenvalue weighted by atomic mass is 10.0. The van der Waals surface area contributed by atoms with E-state index >= 15 is 0 Å². The summed E-state index contributed by atoms with van der Waals surface area (Å²) in [6.07, 6.45) is 19.7. The third kappa shape index (κ3) is 16.7. The second-order valence-electron chi connectivity index (χ2n) is 10.8. The number of imide groups is 1. The van der Waals surface area contributed by atoms with Gasteiger partial charge in [0.2, 0.25) is 5.91 Å². The van der Waals surface area contributed by atoms with Crippen molar-refractivity contribution in [1.82, 2.24) is 5.32 Å². The Morgan fingerprint density at radius 3 is 1.78 bits per heavy atom. The van der Waals surface area contributed by atoms with Gasteiger partial charge in [-0.15, -0.1) is 0 Å². The van der Waals surface area contributed by atoms with Gasteiger partial charge in [0.1, 0.15) is 17.2 Å². The smallest absolute Gasteiger partial charge is 0.325 e. The maximum Gasteiger partial charge on any atom is 0.325 e. The van der Waals surface area contributed by atoms with Crippen LogP contribution in [0.15, 0.2) is 48.5 Å². The first-order valence-electron chi connectivity index (χ1n) is 15.8. The number of phenols is 1. The quantitative estimate of drug-likeness (QED) is 0.123. The zero-order chi connectivity index (χ0) is 29.5. The Balaban J connectivity index is 1.49. The van der Waals surface area contributed by atoms with E-state index < -0.39 is 6.03 Å². The largest absolute Gasteiger partial charge is 0.508 e. The van der Waals surface area contributed by atoms with Crippen LogP contribution in [0.5, 0.6) is 17.2 Å². The summed E-state index contributed by atoms with van der Waals surface area (Å²) in [6, 6.07) is 12.6. The summed E-state index contributed by atoms with van der Waals surface area (Å²) in [5.41, 5.74) is 0.536. The monoisotopic (exact) mass is 568 g/mol. The van der Waals surface area contributed by atoms with Gasteiger partial charge < -0.3 is 19.9 Å². The highest BCUT2D eigenvalue weighted by molar-refractivity contribution is 6.01. The predicted octanol–water partition coefficient (Wildman–Crippen LogP) is 9.50. The molecule has 0 heterocycles. The van der Waals surface area contributed by atoms with Gasteiger partial charge in [-0.2, -0.15) is 0 Å². The minimum Gasteiger partial charge on any atom is -0.508 e. The molecule has 0 aliphatic carbocycles. The zero-order valence-electron chi connectivity index (χ0n) is 25.3. The van der Waals surface area contributed by atoms with Crippen molar-refractivity contribution in [3.63, 3.8) is 0 Å². The van der Waals surface area contributed by atoms with Crippen LogP contribution in [-0.4, -0.2) is 29.8 Å². The maximum absolute atomic E-state index is 12.2. The molecule has 7 nitrogen and oxygen atoms in total. The lowest BCUT2D eigenvalue weighted by Gasteiger charge is -2.16. The van der Waals surface area contributed by atoms with Crippen LogP contribution in [0.2, 0.25) is 0 Å². The Bertz CT molecular complexity index is 962. The number of aromatic hydroxyl groups is 1. The molecule has 0 aliphatic rings. The lowest BCUT2D eigenvalue weighted by Crippen LogP contribution is -2.35. The van der Waals surface area contributed by atoms with Crippen LogP contribution >= 0.6 is 0 Å². The summed E-state index contributed by atoms with van der Waals surface area (Å²) in [5.74, 6) is 0.965. The van der Waals surface area contributed by atoms with Crippen molar-refractivity contribution in [2.75, 3.05) is 11.9 Å². The Kier molecular flexibility index (Phi) is 18.0. The minimum atomic E-state index is -0.582. The maximum atomic E-state index is 12.2. The van der Waals surface area contributed by atoms with Gasteiger partial charge in [-0.25, -0.2) is 4.79 Å². The van der Waals surface area contributed by atoms with Gasteiger partial charge in [-0.1, -0.05) is 97.3 Å². The molecule has 0 saturated heterocycles. The number of carbonyl (C=O) groups excluding carboxylic acids is 2. The van der Waals surface area contributed by atoms with Gasteiger partial charge in [-0.3, -0.25) is 10.1 Å². The number of anilines is 1. The van der Waals surface area contributed by atoms with Crippen molar-refractivity contribution in [2.24, 2.45) is 0 Å². The third-order valence-electron chi connectivity index (χ3n) is 7.21. The van der Waals surface area contributed by atoms with Gasteiger partial charge in [0.05, 0.1) is 19.1 Å². The molecule has 0 fully saturated rings. The number of unbranched alkanes of at least 4 members (excludes halogenated alkanes) is 12. The van der Waals surface area contributed by atoms with Crippen LogP contribution in [0.25, 0.3) is 0 Å². The van der Waals surface area contributed by atoms with Gasteiger partial charge in [-0.05, 0) is 61.4 Å². The van der Waals surface area contributed by atoms with E-state index in [0.29, 0.717) is 23.8 Å². The highest BCUT2D eigenvalue weighted by atomic mass is 16.5. The summed E-state index contributed by atoms with van der Waals surface area (Å²) in [5, 5.41) is 14.4. The molecule has 7 heteroatoms. The fourth-order valence-corrected chi connectivity index (χ4v) is 4.72. The fourth-order valence-electron chi connectivity index (χ4n) is 4.72. The molecular formula is C34H52N2O5. The number of benzene rings is 2. The predicted molar refractivity (Wildman–Crippen MR) is 167 cm³/mol. The molecule has 0 aliphatic heterocycles. The van der Waals surface area contributed by atoms with Gasteiger partial charge in [0.25, 0.3) is 0 Å². The van der Waals surface area contributed by atoms with E-state index in [4.69, 9.17) is 9.47 Å². The highest BCUT2D eigenvalue weighted by Crippen LogP contribution is 2.24. The van der Waals surface area contributed by atoms with E-state index in [0.717, 1.165) is 19.3 Å². The van der Waals surface area contributed by atoms with E-state index in [1.165, 1.54) is 77.0 Å². The Hall–Kier alpha value is -3.06. The molecule has 228 valence electrons. The molecule has 0 aromatic heterocycles. The molecule has 0 saturated carbocycles. The molecule has 3 N–H and O–H groups in total. The SMILES string of the molecule is CCCCCCCCCCCCCCCC(CC)OCCC(=O)NC(=O)Nc1ccc(Oc2ccc(O)cc2)cc1. The Morgan fingerprint density at radius 1 is 0.732 bits per heavy atom. The molecule has 2 aromatic rings. The summed E-state index contributed by atoms with van der Waals surface area (Å²) in [7, 11) is 0. The highest BCUT2D eigenvalue weighted by Gasteiger charge is 2.11. The second kappa shape index (κ2) is 21.7. The summed E-state index contributed by atoms with van der Waals surface area (Å²) >= 11 is 0. The number of carbonyl (C=O) groups is 2. The fraction of sp³-hybridized carbons (Fsp3) is 0.588. The Labute approximate surface area is 247 Å². The van der Waals surface area contributed by atoms with Crippen molar-refractivity contribution < 1.29 is 24.2 Å². The van der Waals surface area contributed by atoms with E-state index in [1.54, 1.807) is 48.5 Å². The molecule has 0 spiro atoms. The number of amides is 3. The van der Waals surface area contributed by atoms with Crippen LogP contribution < -0.4 is 15.4 Å². The normalized spacial score (nSPS) is 11.7. The van der Waals surface area contributed by atoms with Crippen molar-refractivity contribution >= 4 is 17.6 Å². The van der Waals surface area contributed by atoms with Gasteiger partial charge >= 0.3 is 6.03 Å². The van der Waals surface area contributed by atoms with Crippen molar-refractivity contribution in [2.45, 2.75) is 123 Å². The standard InChI is InChI=1S/C34H52N2O5/c1-3-5-6-7-8-9-10-11-12-13-14-15-16-17-30(4-2)40-27-26-33(38)36-34(39)35-28-18-22-31(23-19-28)41-32-24-20-29(37)21-25-32/h18-25,30,37H,3-17,26-27H2,1-2H3,(H2,35,36,38,39). The average Bonchev–Trinajstić information content (AvgIpc) is 2.96. The van der Waals surface area contributed by atoms with Gasteiger partial charge in [0.15, 0.2) is 0 Å². The first kappa shape index (κ1) is 34.1. The number of phenolic OH excluding ortho intramolecular Hbond substituents is 1. The number of hydrogen-bond donors (Lipinski definition) is 3. The average molecular weight is 569 g/mol. The van der Waals surface area contributed by atoms with Crippen LogP contribution in [-0.2, 0) is 9.53 Å². The lowest BCUT2D eigenvalue weighted by molar-refractivity contribution is -0.121. The number of rotatable bonds is 22. The summed E-state index contributed by atoms with van der Waals surface area (Å²) in [4.78, 5) is 24.4. The molecule has 0 radical (unpaired) electrons. The van der Waals surface area contributed by atoms with Crippen molar-refractivity contribution in [3.8, 4) is 17.2 Å². The summed E-state index contributed by atoms with van der Waals surface area (Å²) < 4.78 is 11.6. The summed E-state index contributed by atoms with van der Waals surface area (Å²) in [6.45, 7) is 4.68. The number of ether oxygens (including phenoxy) is 2. The van der Waals surface area contributed by atoms with E-state index in [2.05, 4.69) is 24.5 Å². The number of nitrogens with one attached hydrogen (secondary N) is 2. The molecule has 3 amide bonds. The number of urea groups is 1. The van der Waals surface area contributed by atoms with E-state index in [9.17, 15) is 14.7 Å². The van der Waals surface area contributed by atoms with Crippen LogP contribution in [0.3, 0.4) is 0 Å². The van der Waals surface area contributed by atoms with Gasteiger partial charge in [0, 0.05) is 5.69 Å². The van der Waals surface area contributed by atoms with E-state index in [-0.39, 0.29) is 24.2 Å². The molecule has 1 unspecified atom stereocenters. The number of hydrogen-bond acceptors (Lipinski definition) is 5. The molecule has 0 bridgehead atoms. The third-order valence-corrected chi connectivity index (χ3v) is 7.21. The van der Waals surface area contributed by atoms with Crippen molar-refractivity contribution in [1.29, 1.82) is 0 Å². The minimum absolute atomic E-state index is 0.141. The first-order valence-corrected chi connectivity index (χ1v) is 15.8. The Morgan fingerprint density at radius 2 is 1.24 bits per heavy atom. The molecule has 1 atom stereocenters. The molecule has 2 rings (SSSR count). The first-order chi connectivity index (χ1) is 20.0.